The Balaban J connectivity index is 2.25. The van der Waals surface area contributed by atoms with E-state index in [1.165, 1.54) is 18.0 Å². The van der Waals surface area contributed by atoms with Crippen LogP contribution in [0.3, 0.4) is 0 Å². The average Bonchev–Trinajstić information content (AvgIpc) is 2.81. The summed E-state index contributed by atoms with van der Waals surface area (Å²) < 4.78 is 25.9. The van der Waals surface area contributed by atoms with E-state index in [1.807, 2.05) is 0 Å². The van der Waals surface area contributed by atoms with E-state index in [-0.39, 0.29) is 18.3 Å². The molecule has 100 valence electrons. The molecule has 1 heterocycles. The summed E-state index contributed by atoms with van der Waals surface area (Å²) in [6.07, 6.45) is 0. The first-order valence-electron chi connectivity index (χ1n) is 5.28. The van der Waals surface area contributed by atoms with Gasteiger partial charge in [-0.15, -0.1) is 5.10 Å². The maximum atomic E-state index is 13.1. The lowest BCUT2D eigenvalue weighted by Gasteiger charge is -2.10. The monoisotopic (exact) mass is 268 g/mol. The molecule has 8 heteroatoms. The zero-order valence-corrected chi connectivity index (χ0v) is 9.89. The van der Waals surface area contributed by atoms with E-state index in [4.69, 9.17) is 5.11 Å². The van der Waals surface area contributed by atoms with Crippen molar-refractivity contribution in [1.29, 1.82) is 0 Å². The van der Waals surface area contributed by atoms with E-state index in [0.29, 0.717) is 5.56 Å². The van der Waals surface area contributed by atoms with Crippen molar-refractivity contribution in [2.75, 3.05) is 18.5 Å². The molecule has 2 N–H and O–H groups in total. The fourth-order valence-corrected chi connectivity index (χ4v) is 1.47. The van der Waals surface area contributed by atoms with Gasteiger partial charge in [0.25, 0.3) is 0 Å². The Bertz CT molecular complexity index is 614. The second kappa shape index (κ2) is 5.01. The van der Waals surface area contributed by atoms with Crippen LogP contribution in [-0.4, -0.2) is 39.8 Å². The highest BCUT2D eigenvalue weighted by Crippen LogP contribution is 2.19. The normalized spacial score (nSPS) is 10.5. The van der Waals surface area contributed by atoms with Crippen molar-refractivity contribution in [3.63, 3.8) is 0 Å². The van der Waals surface area contributed by atoms with Crippen LogP contribution in [0.1, 0.15) is 0 Å². The lowest BCUT2D eigenvalue weighted by Crippen LogP contribution is -2.26. The quantitative estimate of drug-likeness (QED) is 0.872. The molecule has 0 radical (unpaired) electrons. The molecule has 0 amide bonds. The van der Waals surface area contributed by atoms with Crippen LogP contribution in [0, 0.1) is 11.6 Å². The predicted molar refractivity (Wildman–Crippen MR) is 62.6 cm³/mol. The van der Waals surface area contributed by atoms with Gasteiger partial charge in [-0.1, -0.05) is 0 Å². The molecule has 1 aromatic heterocycles. The highest BCUT2D eigenvalue weighted by Gasteiger charge is 2.13. The first kappa shape index (κ1) is 12.9. The molecule has 19 heavy (non-hydrogen) atoms. The van der Waals surface area contributed by atoms with E-state index < -0.39 is 17.6 Å². The van der Waals surface area contributed by atoms with Crippen LogP contribution >= 0.6 is 0 Å². The Morgan fingerprint density at radius 1 is 1.42 bits per heavy atom. The predicted octanol–water partition coefficient (Wildman–Crippen LogP) is 1.27. The Morgan fingerprint density at radius 2 is 2.16 bits per heavy atom. The Hall–Kier alpha value is -2.51. The molecule has 0 aliphatic heterocycles. The van der Waals surface area contributed by atoms with Crippen molar-refractivity contribution in [2.24, 2.45) is 0 Å². The summed E-state index contributed by atoms with van der Waals surface area (Å²) in [5, 5.41) is 15.0. The molecule has 1 aromatic carbocycles. The maximum absolute atomic E-state index is 13.1. The highest BCUT2D eigenvalue weighted by molar-refractivity contribution is 5.72. The van der Waals surface area contributed by atoms with Crippen molar-refractivity contribution in [1.82, 2.24) is 15.2 Å². The van der Waals surface area contributed by atoms with Crippen molar-refractivity contribution in [3.8, 4) is 11.4 Å². The lowest BCUT2D eigenvalue weighted by molar-refractivity contribution is -0.135. The SMILES string of the molecule is CN(CC(=O)O)c1n[nH]c(-c2ccc(F)c(F)c2)n1. The number of carbonyl (C=O) groups is 1. The van der Waals surface area contributed by atoms with Gasteiger partial charge in [-0.2, -0.15) is 4.98 Å². The molecule has 2 aromatic rings. The van der Waals surface area contributed by atoms with Crippen LogP contribution in [0.5, 0.6) is 0 Å². The number of hydrogen-bond donors (Lipinski definition) is 2. The molecule has 0 aliphatic carbocycles. The van der Waals surface area contributed by atoms with Crippen LogP contribution in [0.2, 0.25) is 0 Å². The molecule has 0 saturated heterocycles. The number of H-pyrrole nitrogens is 1. The van der Waals surface area contributed by atoms with Crippen LogP contribution in [0.25, 0.3) is 11.4 Å². The number of aromatic amines is 1. The number of aromatic nitrogens is 3. The minimum Gasteiger partial charge on any atom is -0.480 e. The molecular formula is C11H10F2N4O2. The maximum Gasteiger partial charge on any atom is 0.323 e. The first-order chi connectivity index (χ1) is 8.97. The summed E-state index contributed by atoms with van der Waals surface area (Å²) in [6, 6.07) is 3.31. The van der Waals surface area contributed by atoms with E-state index in [9.17, 15) is 13.6 Å². The zero-order chi connectivity index (χ0) is 14.0. The van der Waals surface area contributed by atoms with Gasteiger partial charge in [0.15, 0.2) is 17.5 Å². The van der Waals surface area contributed by atoms with Crippen LogP contribution in [0.4, 0.5) is 14.7 Å². The second-order valence-corrected chi connectivity index (χ2v) is 3.86. The molecule has 0 aliphatic rings. The molecule has 0 fully saturated rings. The number of nitrogens with zero attached hydrogens (tertiary/aromatic N) is 3. The summed E-state index contributed by atoms with van der Waals surface area (Å²) >= 11 is 0. The molecule has 2 rings (SSSR count). The summed E-state index contributed by atoms with van der Waals surface area (Å²) in [5.41, 5.74) is 0.321. The Morgan fingerprint density at radius 3 is 2.79 bits per heavy atom. The fourth-order valence-electron chi connectivity index (χ4n) is 1.47. The largest absolute Gasteiger partial charge is 0.480 e. The first-order valence-corrected chi connectivity index (χ1v) is 5.28. The number of hydrogen-bond acceptors (Lipinski definition) is 4. The Labute approximate surface area is 106 Å². The number of aliphatic carboxylic acids is 1. The molecule has 6 nitrogen and oxygen atoms in total. The van der Waals surface area contributed by atoms with Gasteiger partial charge >= 0.3 is 5.97 Å². The summed E-state index contributed by atoms with van der Waals surface area (Å²) in [5.74, 6) is -2.59. The van der Waals surface area contributed by atoms with Gasteiger partial charge in [-0.05, 0) is 18.2 Å². The molecule has 0 spiro atoms. The summed E-state index contributed by atoms with van der Waals surface area (Å²) in [6.45, 7) is -0.269. The van der Waals surface area contributed by atoms with Gasteiger partial charge in [-0.25, -0.2) is 8.78 Å². The van der Waals surface area contributed by atoms with Gasteiger partial charge in [0.05, 0.1) is 0 Å². The van der Waals surface area contributed by atoms with Crippen LogP contribution < -0.4 is 4.90 Å². The van der Waals surface area contributed by atoms with Gasteiger partial charge in [0.1, 0.15) is 6.54 Å². The van der Waals surface area contributed by atoms with Gasteiger partial charge in [0.2, 0.25) is 5.95 Å². The second-order valence-electron chi connectivity index (χ2n) is 3.86. The van der Waals surface area contributed by atoms with Crippen molar-refractivity contribution >= 4 is 11.9 Å². The number of anilines is 1. The molecule has 0 atom stereocenters. The third kappa shape index (κ3) is 2.84. The number of carboxylic acids is 1. The van der Waals surface area contributed by atoms with Gasteiger partial charge in [-0.3, -0.25) is 9.89 Å². The third-order valence-corrected chi connectivity index (χ3v) is 2.38. The van der Waals surface area contributed by atoms with E-state index in [1.54, 1.807) is 0 Å². The molecular weight excluding hydrogens is 258 g/mol. The van der Waals surface area contributed by atoms with Gasteiger partial charge in [0, 0.05) is 12.6 Å². The topological polar surface area (TPSA) is 82.1 Å². The Kier molecular flexibility index (Phi) is 3.41. The summed E-state index contributed by atoms with van der Waals surface area (Å²) in [7, 11) is 1.51. The number of nitrogens with one attached hydrogen (secondary N) is 1. The zero-order valence-electron chi connectivity index (χ0n) is 9.89. The number of halogens is 2. The third-order valence-electron chi connectivity index (χ3n) is 2.38. The number of carboxylic acid groups (broad SMARTS) is 1. The van der Waals surface area contributed by atoms with Crippen LogP contribution in [-0.2, 0) is 4.79 Å². The number of benzene rings is 1. The highest BCUT2D eigenvalue weighted by atomic mass is 19.2. The molecule has 0 unspecified atom stereocenters. The number of likely N-dealkylation sites (N-methyl/N-ethyl adjacent to an activating group) is 1. The number of rotatable bonds is 4. The standard InChI is InChI=1S/C11H10F2N4O2/c1-17(5-9(18)19)11-14-10(15-16-11)6-2-3-7(12)8(13)4-6/h2-4H,5H2,1H3,(H,18,19)(H,14,15,16). The van der Waals surface area contributed by atoms with E-state index >= 15 is 0 Å². The summed E-state index contributed by atoms with van der Waals surface area (Å²) in [4.78, 5) is 15.9. The average molecular weight is 268 g/mol. The van der Waals surface area contributed by atoms with Crippen molar-refractivity contribution in [3.05, 3.63) is 29.8 Å². The van der Waals surface area contributed by atoms with E-state index in [2.05, 4.69) is 15.2 Å². The van der Waals surface area contributed by atoms with Crippen molar-refractivity contribution in [2.45, 2.75) is 0 Å². The molecule has 0 bridgehead atoms. The van der Waals surface area contributed by atoms with E-state index in [0.717, 1.165) is 12.1 Å². The smallest absolute Gasteiger partial charge is 0.323 e. The molecule has 0 saturated carbocycles. The lowest BCUT2D eigenvalue weighted by atomic mass is 10.2. The van der Waals surface area contributed by atoms with Crippen molar-refractivity contribution < 1.29 is 18.7 Å². The van der Waals surface area contributed by atoms with Crippen LogP contribution in [0.15, 0.2) is 18.2 Å². The fraction of sp³-hybridized carbons (Fsp3) is 0.182. The minimum absolute atomic E-state index is 0.155. The minimum atomic E-state index is -1.03. The van der Waals surface area contributed by atoms with Gasteiger partial charge < -0.3 is 10.0 Å².